The summed E-state index contributed by atoms with van der Waals surface area (Å²) in [5.74, 6) is 0.870. The number of carbonyl (C=O) groups excluding carboxylic acids is 1. The molecule has 8 nitrogen and oxygen atoms in total. The van der Waals surface area contributed by atoms with Gasteiger partial charge in [0.05, 0.1) is 0 Å². The van der Waals surface area contributed by atoms with Crippen molar-refractivity contribution in [2.24, 2.45) is 0 Å². The molecule has 0 radical (unpaired) electrons. The highest BCUT2D eigenvalue weighted by Crippen LogP contribution is 2.33. The molecule has 9 heteroatoms. The normalized spacial score (nSPS) is 18.2. The molecule has 1 amide bonds. The molecule has 1 atom stereocenters. The first-order valence-electron chi connectivity index (χ1n) is 6.68. The molecule has 0 aromatic carbocycles. The highest BCUT2D eigenvalue weighted by molar-refractivity contribution is 7.13. The van der Waals surface area contributed by atoms with Crippen LogP contribution in [0.5, 0.6) is 0 Å². The van der Waals surface area contributed by atoms with Gasteiger partial charge in [0.15, 0.2) is 0 Å². The number of nitrogens with zero attached hydrogens (tertiary/aromatic N) is 6. The van der Waals surface area contributed by atoms with E-state index in [0.717, 1.165) is 17.8 Å². The fourth-order valence-corrected chi connectivity index (χ4v) is 2.96. The third-order valence-corrected chi connectivity index (χ3v) is 4.17. The minimum absolute atomic E-state index is 0.118. The van der Waals surface area contributed by atoms with E-state index in [0.29, 0.717) is 23.4 Å². The summed E-state index contributed by atoms with van der Waals surface area (Å²) in [5.41, 5.74) is 0. The van der Waals surface area contributed by atoms with Crippen LogP contribution in [0.15, 0.2) is 4.52 Å². The molecule has 0 aliphatic carbocycles. The number of aryl methyl sites for hydroxylation is 1. The Morgan fingerprint density at radius 3 is 2.86 bits per heavy atom. The van der Waals surface area contributed by atoms with Crippen LogP contribution in [0.4, 0.5) is 5.95 Å². The molecule has 1 aliphatic heterocycles. The van der Waals surface area contributed by atoms with E-state index in [-0.39, 0.29) is 11.9 Å². The van der Waals surface area contributed by atoms with Gasteiger partial charge in [0.25, 0.3) is 17.7 Å². The van der Waals surface area contributed by atoms with E-state index < -0.39 is 0 Å². The summed E-state index contributed by atoms with van der Waals surface area (Å²) in [6.45, 7) is 2.50. The third-order valence-electron chi connectivity index (χ3n) is 3.34. The largest absolute Gasteiger partial charge is 0.344 e. The van der Waals surface area contributed by atoms with E-state index in [2.05, 4.69) is 20.3 Å². The minimum atomic E-state index is -0.178. The Hall–Kier alpha value is -2.03. The molecule has 1 aliphatic rings. The minimum Gasteiger partial charge on any atom is -0.344 e. The molecule has 112 valence electrons. The highest BCUT2D eigenvalue weighted by atomic mass is 32.1. The lowest BCUT2D eigenvalue weighted by Crippen LogP contribution is -2.30. The lowest BCUT2D eigenvalue weighted by Gasteiger charge is -2.20. The second-order valence-corrected chi connectivity index (χ2v) is 6.29. The number of aromatic nitrogens is 4. The third kappa shape index (κ3) is 2.60. The van der Waals surface area contributed by atoms with Gasteiger partial charge in [-0.15, -0.1) is 10.2 Å². The lowest BCUT2D eigenvalue weighted by atomic mass is 10.2. The first kappa shape index (κ1) is 13.9. The summed E-state index contributed by atoms with van der Waals surface area (Å²) in [5, 5.41) is 12.9. The van der Waals surface area contributed by atoms with Crippen LogP contribution in [0.1, 0.15) is 39.6 Å². The van der Waals surface area contributed by atoms with E-state index in [4.69, 9.17) is 4.52 Å². The number of hydrogen-bond acceptors (Lipinski definition) is 8. The number of rotatable bonds is 3. The maximum atomic E-state index is 12.5. The van der Waals surface area contributed by atoms with Crippen molar-refractivity contribution in [2.75, 3.05) is 25.5 Å². The quantitative estimate of drug-likeness (QED) is 0.843. The Bertz CT molecular complexity index is 652. The van der Waals surface area contributed by atoms with Gasteiger partial charge in [-0.1, -0.05) is 11.3 Å². The second-order valence-electron chi connectivity index (χ2n) is 5.11. The Balaban J connectivity index is 1.83. The molecule has 21 heavy (non-hydrogen) atoms. The van der Waals surface area contributed by atoms with Gasteiger partial charge in [-0.3, -0.25) is 4.79 Å². The summed E-state index contributed by atoms with van der Waals surface area (Å²) < 4.78 is 5.30. The van der Waals surface area contributed by atoms with Crippen molar-refractivity contribution in [1.82, 2.24) is 25.2 Å². The van der Waals surface area contributed by atoms with E-state index in [1.807, 2.05) is 21.0 Å². The first-order chi connectivity index (χ1) is 10.1. The molecule has 1 saturated heterocycles. The Morgan fingerprint density at radius 2 is 2.24 bits per heavy atom. The summed E-state index contributed by atoms with van der Waals surface area (Å²) in [6.07, 6.45) is 1.73. The molecule has 0 spiro atoms. The average molecular weight is 308 g/mol. The molecule has 0 unspecified atom stereocenters. The van der Waals surface area contributed by atoms with E-state index in [9.17, 15) is 4.79 Å². The maximum absolute atomic E-state index is 12.5. The summed E-state index contributed by atoms with van der Waals surface area (Å²) in [6, 6.07) is -0.178. The SMILES string of the molecule is Cc1nnc(C(=O)N2CCC[C@H]2c2nc(N(C)C)no2)s1. The van der Waals surface area contributed by atoms with E-state index >= 15 is 0 Å². The summed E-state index contributed by atoms with van der Waals surface area (Å²) >= 11 is 1.30. The predicted molar refractivity (Wildman–Crippen MR) is 76.3 cm³/mol. The zero-order valence-electron chi connectivity index (χ0n) is 12.1. The van der Waals surface area contributed by atoms with Gasteiger partial charge in [-0.2, -0.15) is 4.98 Å². The second kappa shape index (κ2) is 5.40. The van der Waals surface area contributed by atoms with Crippen LogP contribution in [0, 0.1) is 6.92 Å². The van der Waals surface area contributed by atoms with Gasteiger partial charge in [0, 0.05) is 20.6 Å². The molecule has 1 fully saturated rings. The van der Waals surface area contributed by atoms with E-state index in [1.165, 1.54) is 11.3 Å². The topological polar surface area (TPSA) is 88.3 Å². The number of likely N-dealkylation sites (tertiary alicyclic amines) is 1. The van der Waals surface area contributed by atoms with Crippen molar-refractivity contribution in [1.29, 1.82) is 0 Å². The fourth-order valence-electron chi connectivity index (χ4n) is 2.32. The molecular weight excluding hydrogens is 292 g/mol. The van der Waals surface area contributed by atoms with Gasteiger partial charge in [-0.05, 0) is 24.9 Å². The van der Waals surface area contributed by atoms with Gasteiger partial charge in [0.2, 0.25) is 5.01 Å². The molecule has 3 rings (SSSR count). The smallest absolute Gasteiger partial charge is 0.285 e. The van der Waals surface area contributed by atoms with Crippen LogP contribution >= 0.6 is 11.3 Å². The van der Waals surface area contributed by atoms with Crippen molar-refractivity contribution < 1.29 is 9.32 Å². The monoisotopic (exact) mass is 308 g/mol. The number of hydrogen-bond donors (Lipinski definition) is 0. The fraction of sp³-hybridized carbons (Fsp3) is 0.583. The standard InChI is InChI=1S/C12H16N6O2S/c1-7-14-15-10(21-7)11(19)18-6-4-5-8(18)9-13-12(16-20-9)17(2)3/h8H,4-6H2,1-3H3/t8-/m0/s1. The molecule has 3 heterocycles. The molecular formula is C12H16N6O2S. The highest BCUT2D eigenvalue weighted by Gasteiger charge is 2.35. The average Bonchev–Trinajstić information content (AvgIpc) is 3.17. The Labute approximate surface area is 125 Å². The number of amides is 1. The first-order valence-corrected chi connectivity index (χ1v) is 7.50. The lowest BCUT2D eigenvalue weighted by molar-refractivity contribution is 0.0709. The molecule has 2 aromatic heterocycles. The zero-order valence-corrected chi connectivity index (χ0v) is 12.9. The summed E-state index contributed by atoms with van der Waals surface area (Å²) in [4.78, 5) is 20.4. The molecule has 0 saturated carbocycles. The van der Waals surface area contributed by atoms with Crippen molar-refractivity contribution in [2.45, 2.75) is 25.8 Å². The number of carbonyl (C=O) groups is 1. The Kier molecular flexibility index (Phi) is 3.58. The van der Waals surface area contributed by atoms with Gasteiger partial charge >= 0.3 is 0 Å². The van der Waals surface area contributed by atoms with Crippen LogP contribution in [-0.4, -0.2) is 51.8 Å². The van der Waals surface area contributed by atoms with Crippen LogP contribution < -0.4 is 4.90 Å². The zero-order chi connectivity index (χ0) is 15.0. The summed E-state index contributed by atoms with van der Waals surface area (Å²) in [7, 11) is 3.69. The van der Waals surface area contributed by atoms with Crippen molar-refractivity contribution in [3.8, 4) is 0 Å². The van der Waals surface area contributed by atoms with Crippen molar-refractivity contribution >= 4 is 23.2 Å². The Morgan fingerprint density at radius 1 is 1.43 bits per heavy atom. The van der Waals surface area contributed by atoms with E-state index in [1.54, 1.807) is 9.80 Å². The van der Waals surface area contributed by atoms with Crippen molar-refractivity contribution in [3.05, 3.63) is 15.9 Å². The van der Waals surface area contributed by atoms with Crippen LogP contribution in [-0.2, 0) is 0 Å². The number of anilines is 1. The maximum Gasteiger partial charge on any atom is 0.285 e. The van der Waals surface area contributed by atoms with Crippen LogP contribution in [0.2, 0.25) is 0 Å². The van der Waals surface area contributed by atoms with Gasteiger partial charge in [-0.25, -0.2) is 0 Å². The molecule has 2 aromatic rings. The predicted octanol–water partition coefficient (Wildman–Crippen LogP) is 1.27. The van der Waals surface area contributed by atoms with Gasteiger partial charge in [0.1, 0.15) is 11.0 Å². The van der Waals surface area contributed by atoms with Crippen molar-refractivity contribution in [3.63, 3.8) is 0 Å². The van der Waals surface area contributed by atoms with Gasteiger partial charge < -0.3 is 14.3 Å². The molecule has 0 N–H and O–H groups in total. The van der Waals surface area contributed by atoms with Crippen LogP contribution in [0.25, 0.3) is 0 Å². The molecule has 0 bridgehead atoms. The van der Waals surface area contributed by atoms with Crippen LogP contribution in [0.3, 0.4) is 0 Å².